The van der Waals surface area contributed by atoms with Crippen LogP contribution in [0.25, 0.3) is 0 Å². The number of methoxy groups -OCH3 is 1. The van der Waals surface area contributed by atoms with Gasteiger partial charge in [0.05, 0.1) is 18.8 Å². The highest BCUT2D eigenvalue weighted by Crippen LogP contribution is 2.20. The first kappa shape index (κ1) is 15.7. The van der Waals surface area contributed by atoms with E-state index >= 15 is 0 Å². The lowest BCUT2D eigenvalue weighted by molar-refractivity contribution is -0.138. The zero-order chi connectivity index (χ0) is 14.5. The molecule has 0 aromatic carbocycles. The van der Waals surface area contributed by atoms with Crippen molar-refractivity contribution >= 4 is 5.97 Å². The average Bonchev–Trinajstić information content (AvgIpc) is 2.73. The number of nitrogens with zero attached hydrogens (tertiary/aromatic N) is 2. The Balaban J connectivity index is 2.67. The number of aliphatic carboxylic acids is 1. The average molecular weight is 269 g/mol. The summed E-state index contributed by atoms with van der Waals surface area (Å²) in [7, 11) is 1.60. The Morgan fingerprint density at radius 1 is 1.53 bits per heavy atom. The summed E-state index contributed by atoms with van der Waals surface area (Å²) < 4.78 is 4.99. The first-order valence-electron chi connectivity index (χ1n) is 6.31. The molecule has 0 spiro atoms. The lowest BCUT2D eigenvalue weighted by Gasteiger charge is -2.18. The number of aromatic amines is 1. The highest BCUT2D eigenvalue weighted by Gasteiger charge is 2.18. The van der Waals surface area contributed by atoms with Gasteiger partial charge in [0.1, 0.15) is 0 Å². The maximum Gasteiger partial charge on any atom is 0.317 e. The minimum absolute atomic E-state index is 0.00672. The monoisotopic (exact) mass is 269 g/mol. The van der Waals surface area contributed by atoms with E-state index in [9.17, 15) is 4.79 Å². The van der Waals surface area contributed by atoms with Gasteiger partial charge in [-0.1, -0.05) is 20.8 Å². The maximum absolute atomic E-state index is 10.8. The lowest BCUT2D eigenvalue weighted by atomic mass is 9.92. The highest BCUT2D eigenvalue weighted by molar-refractivity contribution is 5.69. The van der Waals surface area contributed by atoms with Gasteiger partial charge in [-0.25, -0.2) is 0 Å². The van der Waals surface area contributed by atoms with Crippen LogP contribution in [0, 0.1) is 0 Å². The molecule has 0 aliphatic carbocycles. The topological polar surface area (TPSA) is 78.4 Å². The van der Waals surface area contributed by atoms with Gasteiger partial charge in [0.25, 0.3) is 0 Å². The minimum Gasteiger partial charge on any atom is -0.480 e. The molecule has 1 aromatic heterocycles. The third-order valence-electron chi connectivity index (χ3n) is 2.76. The summed E-state index contributed by atoms with van der Waals surface area (Å²) in [4.78, 5) is 12.6. The van der Waals surface area contributed by atoms with E-state index in [2.05, 4.69) is 31.0 Å². The molecule has 0 unspecified atom stereocenters. The van der Waals surface area contributed by atoms with Gasteiger partial charge < -0.3 is 9.84 Å². The number of aromatic nitrogens is 2. The SMILES string of the molecule is COCCN(CC(=O)O)Cc1cc(C(C)(C)C)n[nH]1. The molecule has 0 saturated heterocycles. The number of carboxylic acid groups (broad SMARTS) is 1. The summed E-state index contributed by atoms with van der Waals surface area (Å²) in [5, 5.41) is 16.1. The van der Waals surface area contributed by atoms with Crippen molar-refractivity contribution in [2.45, 2.75) is 32.7 Å². The molecular weight excluding hydrogens is 246 g/mol. The Bertz CT molecular complexity index is 410. The molecule has 0 aliphatic rings. The van der Waals surface area contributed by atoms with Crippen LogP contribution in [0.1, 0.15) is 32.2 Å². The van der Waals surface area contributed by atoms with E-state index in [0.29, 0.717) is 19.7 Å². The van der Waals surface area contributed by atoms with Gasteiger partial charge >= 0.3 is 5.97 Å². The van der Waals surface area contributed by atoms with Crippen LogP contribution >= 0.6 is 0 Å². The minimum atomic E-state index is -0.841. The predicted octanol–water partition coefficient (Wildman–Crippen LogP) is 1.24. The van der Waals surface area contributed by atoms with E-state index in [-0.39, 0.29) is 12.0 Å². The molecule has 6 nitrogen and oxygen atoms in total. The molecule has 0 fully saturated rings. The molecule has 0 atom stereocenters. The zero-order valence-corrected chi connectivity index (χ0v) is 12.1. The molecule has 0 aliphatic heterocycles. The van der Waals surface area contributed by atoms with Crippen LogP contribution < -0.4 is 0 Å². The van der Waals surface area contributed by atoms with Gasteiger partial charge in [0.15, 0.2) is 0 Å². The Morgan fingerprint density at radius 2 is 2.21 bits per heavy atom. The molecule has 0 radical (unpaired) electrons. The van der Waals surface area contributed by atoms with E-state index in [1.54, 1.807) is 7.11 Å². The summed E-state index contributed by atoms with van der Waals surface area (Å²) in [6.45, 7) is 7.87. The van der Waals surface area contributed by atoms with Crippen LogP contribution in [-0.4, -0.2) is 53.0 Å². The predicted molar refractivity (Wildman–Crippen MR) is 72.1 cm³/mol. The van der Waals surface area contributed by atoms with Crippen molar-refractivity contribution in [1.82, 2.24) is 15.1 Å². The molecule has 0 bridgehead atoms. The maximum atomic E-state index is 10.8. The van der Waals surface area contributed by atoms with Crippen LogP contribution in [0.5, 0.6) is 0 Å². The quantitative estimate of drug-likeness (QED) is 0.778. The summed E-state index contributed by atoms with van der Waals surface area (Å²) in [6, 6.07) is 1.99. The molecule has 0 amide bonds. The zero-order valence-electron chi connectivity index (χ0n) is 12.1. The van der Waals surface area contributed by atoms with Gasteiger partial charge in [-0.15, -0.1) is 0 Å². The lowest BCUT2D eigenvalue weighted by Crippen LogP contribution is -2.32. The van der Waals surface area contributed by atoms with Crippen LogP contribution in [0.4, 0.5) is 0 Å². The summed E-state index contributed by atoms with van der Waals surface area (Å²) in [5.74, 6) is -0.841. The van der Waals surface area contributed by atoms with E-state index in [4.69, 9.17) is 9.84 Å². The van der Waals surface area contributed by atoms with Crippen molar-refractivity contribution in [3.63, 3.8) is 0 Å². The largest absolute Gasteiger partial charge is 0.480 e. The van der Waals surface area contributed by atoms with E-state index in [1.807, 2.05) is 11.0 Å². The molecule has 1 heterocycles. The van der Waals surface area contributed by atoms with Crippen molar-refractivity contribution in [2.75, 3.05) is 26.8 Å². The molecule has 1 rings (SSSR count). The Morgan fingerprint density at radius 3 is 2.68 bits per heavy atom. The van der Waals surface area contributed by atoms with Crippen molar-refractivity contribution in [3.8, 4) is 0 Å². The number of carboxylic acids is 1. The highest BCUT2D eigenvalue weighted by atomic mass is 16.5. The van der Waals surface area contributed by atoms with Crippen molar-refractivity contribution < 1.29 is 14.6 Å². The number of hydrogen-bond donors (Lipinski definition) is 2. The normalized spacial score (nSPS) is 12.1. The van der Waals surface area contributed by atoms with Crippen LogP contribution in [-0.2, 0) is 21.5 Å². The van der Waals surface area contributed by atoms with E-state index in [1.165, 1.54) is 0 Å². The molecule has 2 N–H and O–H groups in total. The number of hydrogen-bond acceptors (Lipinski definition) is 4. The molecule has 1 aromatic rings. The Kier molecular flexibility index (Phi) is 5.50. The van der Waals surface area contributed by atoms with Crippen LogP contribution in [0.3, 0.4) is 0 Å². The van der Waals surface area contributed by atoms with Gasteiger partial charge in [-0.2, -0.15) is 5.10 Å². The molecule has 19 heavy (non-hydrogen) atoms. The Hall–Kier alpha value is -1.40. The molecule has 108 valence electrons. The van der Waals surface area contributed by atoms with Crippen molar-refractivity contribution in [2.24, 2.45) is 0 Å². The number of nitrogens with one attached hydrogen (secondary N) is 1. The fourth-order valence-electron chi connectivity index (χ4n) is 1.69. The smallest absolute Gasteiger partial charge is 0.317 e. The number of H-pyrrole nitrogens is 1. The second kappa shape index (κ2) is 6.68. The van der Waals surface area contributed by atoms with Gasteiger partial charge in [0, 0.05) is 31.3 Å². The second-order valence-electron chi connectivity index (χ2n) is 5.63. The van der Waals surface area contributed by atoms with Gasteiger partial charge in [-0.05, 0) is 6.07 Å². The summed E-state index contributed by atoms with van der Waals surface area (Å²) in [6.07, 6.45) is 0. The van der Waals surface area contributed by atoms with Gasteiger partial charge in [0.2, 0.25) is 0 Å². The van der Waals surface area contributed by atoms with Gasteiger partial charge in [-0.3, -0.25) is 14.8 Å². The summed E-state index contributed by atoms with van der Waals surface area (Å²) in [5.41, 5.74) is 1.88. The molecule has 0 saturated carbocycles. The van der Waals surface area contributed by atoms with E-state index < -0.39 is 5.97 Å². The van der Waals surface area contributed by atoms with Crippen molar-refractivity contribution in [3.05, 3.63) is 17.5 Å². The fraction of sp³-hybridized carbons (Fsp3) is 0.692. The summed E-state index contributed by atoms with van der Waals surface area (Å²) >= 11 is 0. The van der Waals surface area contributed by atoms with Crippen LogP contribution in [0.2, 0.25) is 0 Å². The Labute approximate surface area is 113 Å². The molecule has 6 heteroatoms. The van der Waals surface area contributed by atoms with E-state index in [0.717, 1.165) is 11.4 Å². The van der Waals surface area contributed by atoms with Crippen molar-refractivity contribution in [1.29, 1.82) is 0 Å². The first-order valence-corrected chi connectivity index (χ1v) is 6.31. The molecular formula is C13H23N3O3. The first-order chi connectivity index (χ1) is 8.82. The second-order valence-corrected chi connectivity index (χ2v) is 5.63. The van der Waals surface area contributed by atoms with Crippen LogP contribution in [0.15, 0.2) is 6.07 Å². The third kappa shape index (κ3) is 5.40. The number of ether oxygens (including phenoxy) is 1. The standard InChI is InChI=1S/C13H23N3O3/c1-13(2,3)11-7-10(14-15-11)8-16(5-6-19-4)9-12(17)18/h7H,5-6,8-9H2,1-4H3,(H,14,15)(H,17,18). The number of rotatable bonds is 7. The third-order valence-corrected chi connectivity index (χ3v) is 2.76. The number of carbonyl (C=O) groups is 1. The fourth-order valence-corrected chi connectivity index (χ4v) is 1.69.